The fourth-order valence-corrected chi connectivity index (χ4v) is 2.52. The van der Waals surface area contributed by atoms with Crippen molar-refractivity contribution in [2.75, 3.05) is 26.2 Å². The zero-order valence-corrected chi connectivity index (χ0v) is 10.7. The number of hydrogen-bond acceptors (Lipinski definition) is 5. The van der Waals surface area contributed by atoms with Crippen molar-refractivity contribution in [1.82, 2.24) is 9.88 Å². The summed E-state index contributed by atoms with van der Waals surface area (Å²) in [5, 5.41) is 9.26. The predicted molar refractivity (Wildman–Crippen MR) is 69.0 cm³/mol. The molecule has 5 nitrogen and oxygen atoms in total. The molecule has 3 atom stereocenters. The number of rotatable bonds is 4. The Balaban J connectivity index is 2.12. The van der Waals surface area contributed by atoms with Crippen molar-refractivity contribution >= 4 is 0 Å². The fourth-order valence-electron chi connectivity index (χ4n) is 2.52. The van der Waals surface area contributed by atoms with E-state index in [-0.39, 0.29) is 24.9 Å². The third kappa shape index (κ3) is 3.05. The highest BCUT2D eigenvalue weighted by Crippen LogP contribution is 2.23. The second-order valence-electron chi connectivity index (χ2n) is 4.74. The van der Waals surface area contributed by atoms with E-state index >= 15 is 0 Å². The summed E-state index contributed by atoms with van der Waals surface area (Å²) in [5.41, 5.74) is 7.07. The number of nitrogens with zero attached hydrogens (tertiary/aromatic N) is 2. The molecule has 1 aromatic heterocycles. The topological polar surface area (TPSA) is 71.6 Å². The van der Waals surface area contributed by atoms with Gasteiger partial charge in [-0.25, -0.2) is 0 Å². The van der Waals surface area contributed by atoms with Crippen LogP contribution in [0.4, 0.5) is 0 Å². The van der Waals surface area contributed by atoms with E-state index in [4.69, 9.17) is 10.5 Å². The van der Waals surface area contributed by atoms with Gasteiger partial charge in [0.25, 0.3) is 0 Å². The zero-order valence-electron chi connectivity index (χ0n) is 10.7. The Morgan fingerprint density at radius 1 is 1.50 bits per heavy atom. The highest BCUT2D eigenvalue weighted by Gasteiger charge is 2.29. The van der Waals surface area contributed by atoms with Crippen molar-refractivity contribution in [3.63, 3.8) is 0 Å². The smallest absolute Gasteiger partial charge is 0.0936 e. The van der Waals surface area contributed by atoms with Crippen LogP contribution in [0.3, 0.4) is 0 Å². The van der Waals surface area contributed by atoms with Gasteiger partial charge in [-0.2, -0.15) is 0 Å². The summed E-state index contributed by atoms with van der Waals surface area (Å²) in [6, 6.07) is 4.14. The average molecular weight is 251 g/mol. The van der Waals surface area contributed by atoms with Gasteiger partial charge in [0.2, 0.25) is 0 Å². The van der Waals surface area contributed by atoms with E-state index in [0.29, 0.717) is 13.1 Å². The molecule has 0 bridgehead atoms. The predicted octanol–water partition coefficient (Wildman–Crippen LogP) is 0.163. The second kappa shape index (κ2) is 6.24. The van der Waals surface area contributed by atoms with Crippen molar-refractivity contribution < 1.29 is 9.84 Å². The minimum Gasteiger partial charge on any atom is -0.394 e. The van der Waals surface area contributed by atoms with Gasteiger partial charge in [0.15, 0.2) is 0 Å². The molecule has 5 heteroatoms. The van der Waals surface area contributed by atoms with E-state index in [1.165, 1.54) is 5.56 Å². The Labute approximate surface area is 108 Å². The lowest BCUT2D eigenvalue weighted by Gasteiger charge is -2.40. The van der Waals surface area contributed by atoms with Crippen LogP contribution < -0.4 is 5.73 Å². The van der Waals surface area contributed by atoms with E-state index in [9.17, 15) is 5.11 Å². The maximum absolute atomic E-state index is 9.26. The third-order valence-corrected chi connectivity index (χ3v) is 3.31. The number of morpholine rings is 1. The molecule has 3 N–H and O–H groups in total. The second-order valence-corrected chi connectivity index (χ2v) is 4.74. The molecular weight excluding hydrogens is 230 g/mol. The van der Waals surface area contributed by atoms with Crippen LogP contribution in [0.1, 0.15) is 18.5 Å². The Bertz CT molecular complexity index is 361. The average Bonchev–Trinajstić information content (AvgIpc) is 2.40. The van der Waals surface area contributed by atoms with Crippen LogP contribution in [0.15, 0.2) is 24.5 Å². The van der Waals surface area contributed by atoms with E-state index < -0.39 is 0 Å². The minimum atomic E-state index is -0.121. The quantitative estimate of drug-likeness (QED) is 0.798. The molecule has 0 amide bonds. The van der Waals surface area contributed by atoms with Crippen LogP contribution >= 0.6 is 0 Å². The van der Waals surface area contributed by atoms with Gasteiger partial charge in [-0.05, 0) is 24.6 Å². The summed E-state index contributed by atoms with van der Waals surface area (Å²) in [5.74, 6) is 0. The van der Waals surface area contributed by atoms with E-state index in [1.54, 1.807) is 12.4 Å². The first-order valence-electron chi connectivity index (χ1n) is 6.35. The van der Waals surface area contributed by atoms with Gasteiger partial charge in [-0.15, -0.1) is 0 Å². The van der Waals surface area contributed by atoms with Crippen molar-refractivity contribution in [3.05, 3.63) is 30.1 Å². The van der Waals surface area contributed by atoms with Gasteiger partial charge in [0, 0.05) is 38.1 Å². The Morgan fingerprint density at radius 3 is 2.83 bits per heavy atom. The molecule has 2 heterocycles. The normalized spacial score (nSPS) is 27.1. The lowest BCUT2D eigenvalue weighted by Crippen LogP contribution is -2.50. The molecule has 1 fully saturated rings. The van der Waals surface area contributed by atoms with Crippen LogP contribution in [-0.4, -0.2) is 53.4 Å². The molecule has 1 aromatic rings. The van der Waals surface area contributed by atoms with Gasteiger partial charge < -0.3 is 15.6 Å². The van der Waals surface area contributed by atoms with Crippen LogP contribution in [0, 0.1) is 0 Å². The molecule has 3 unspecified atom stereocenters. The monoisotopic (exact) mass is 251 g/mol. The summed E-state index contributed by atoms with van der Waals surface area (Å²) in [7, 11) is 0. The van der Waals surface area contributed by atoms with Gasteiger partial charge in [-0.1, -0.05) is 0 Å². The number of aliphatic hydroxyl groups excluding tert-OH is 1. The number of aliphatic hydroxyl groups is 1. The van der Waals surface area contributed by atoms with Crippen molar-refractivity contribution in [3.8, 4) is 0 Å². The van der Waals surface area contributed by atoms with Gasteiger partial charge in [0.1, 0.15) is 0 Å². The van der Waals surface area contributed by atoms with Crippen LogP contribution in [0.5, 0.6) is 0 Å². The van der Waals surface area contributed by atoms with Gasteiger partial charge in [-0.3, -0.25) is 9.88 Å². The van der Waals surface area contributed by atoms with Crippen LogP contribution in [0.25, 0.3) is 0 Å². The summed E-state index contributed by atoms with van der Waals surface area (Å²) < 4.78 is 5.65. The van der Waals surface area contributed by atoms with E-state index in [2.05, 4.69) is 9.88 Å². The Hall–Kier alpha value is -1.01. The summed E-state index contributed by atoms with van der Waals surface area (Å²) >= 11 is 0. The first-order valence-corrected chi connectivity index (χ1v) is 6.35. The van der Waals surface area contributed by atoms with Gasteiger partial charge in [0.05, 0.1) is 18.8 Å². The number of pyridine rings is 1. The van der Waals surface area contributed by atoms with Crippen molar-refractivity contribution in [2.24, 2.45) is 5.73 Å². The number of aromatic nitrogens is 1. The molecular formula is C13H21N3O2. The fraction of sp³-hybridized carbons (Fsp3) is 0.615. The molecule has 0 aromatic carbocycles. The SMILES string of the molecule is CC1CN(C(CN)c2ccncc2)CC(CO)O1. The molecule has 1 saturated heterocycles. The molecule has 18 heavy (non-hydrogen) atoms. The lowest BCUT2D eigenvalue weighted by atomic mass is 10.0. The molecule has 0 radical (unpaired) electrons. The highest BCUT2D eigenvalue weighted by atomic mass is 16.5. The molecule has 0 aliphatic carbocycles. The summed E-state index contributed by atoms with van der Waals surface area (Å²) in [4.78, 5) is 6.31. The number of nitrogens with two attached hydrogens (primary N) is 1. The molecule has 0 spiro atoms. The minimum absolute atomic E-state index is 0.0501. The molecule has 2 rings (SSSR count). The van der Waals surface area contributed by atoms with E-state index in [1.807, 2.05) is 19.1 Å². The zero-order chi connectivity index (χ0) is 13.0. The summed E-state index contributed by atoms with van der Waals surface area (Å²) in [6.07, 6.45) is 3.56. The van der Waals surface area contributed by atoms with Crippen molar-refractivity contribution in [2.45, 2.75) is 25.2 Å². The van der Waals surface area contributed by atoms with Crippen LogP contribution in [-0.2, 0) is 4.74 Å². The molecule has 100 valence electrons. The Morgan fingerprint density at radius 2 is 2.22 bits per heavy atom. The maximum Gasteiger partial charge on any atom is 0.0936 e. The number of hydrogen-bond donors (Lipinski definition) is 2. The first kappa shape index (κ1) is 13.4. The number of ether oxygens (including phenoxy) is 1. The first-order chi connectivity index (χ1) is 8.74. The van der Waals surface area contributed by atoms with Gasteiger partial charge >= 0.3 is 0 Å². The standard InChI is InChI=1S/C13H21N3O2/c1-10-7-16(8-12(9-17)18-10)13(6-14)11-2-4-15-5-3-11/h2-5,10,12-13,17H,6-9,14H2,1H3. The highest BCUT2D eigenvalue weighted by molar-refractivity contribution is 5.16. The maximum atomic E-state index is 9.26. The largest absolute Gasteiger partial charge is 0.394 e. The summed E-state index contributed by atoms with van der Waals surface area (Å²) in [6.45, 7) is 4.17. The van der Waals surface area contributed by atoms with Crippen LogP contribution in [0.2, 0.25) is 0 Å². The molecule has 0 saturated carbocycles. The Kier molecular flexibility index (Phi) is 4.66. The molecule has 1 aliphatic rings. The third-order valence-electron chi connectivity index (χ3n) is 3.31. The van der Waals surface area contributed by atoms with Crippen molar-refractivity contribution in [1.29, 1.82) is 0 Å². The molecule has 1 aliphatic heterocycles. The lowest BCUT2D eigenvalue weighted by molar-refractivity contribution is -0.105. The van der Waals surface area contributed by atoms with E-state index in [0.717, 1.165) is 6.54 Å².